The van der Waals surface area contributed by atoms with Crippen molar-refractivity contribution in [3.63, 3.8) is 0 Å². The number of anilines is 1. The van der Waals surface area contributed by atoms with Crippen LogP contribution in [0.25, 0.3) is 0 Å². The molecule has 0 fully saturated rings. The van der Waals surface area contributed by atoms with Crippen LogP contribution in [0.15, 0.2) is 29.2 Å². The summed E-state index contributed by atoms with van der Waals surface area (Å²) >= 11 is 5.74. The molecular formula is C11H14ClFN2O2S. The van der Waals surface area contributed by atoms with Crippen LogP contribution in [0.2, 0.25) is 5.02 Å². The van der Waals surface area contributed by atoms with Gasteiger partial charge in [0.05, 0.1) is 10.7 Å². The SMILES string of the molecule is C=C(C)CN(C)S(=O)(=O)c1cc(N)c(F)cc1Cl. The summed E-state index contributed by atoms with van der Waals surface area (Å²) in [7, 11) is -2.42. The van der Waals surface area contributed by atoms with E-state index in [1.165, 1.54) is 7.05 Å². The Morgan fingerprint density at radius 3 is 2.61 bits per heavy atom. The Kier molecular flexibility index (Phi) is 4.37. The van der Waals surface area contributed by atoms with E-state index >= 15 is 0 Å². The van der Waals surface area contributed by atoms with Crippen LogP contribution in [-0.2, 0) is 10.0 Å². The summed E-state index contributed by atoms with van der Waals surface area (Å²) in [6, 6.07) is 1.90. The van der Waals surface area contributed by atoms with Crippen molar-refractivity contribution < 1.29 is 12.8 Å². The Labute approximate surface area is 111 Å². The standard InChI is InChI=1S/C11H14ClFN2O2S/c1-7(2)6-15(3)18(16,17)11-5-10(14)9(13)4-8(11)12/h4-5H,1,6,14H2,2-3H3. The number of likely N-dealkylation sites (N-methyl/N-ethyl adjacent to an activating group) is 1. The van der Waals surface area contributed by atoms with E-state index in [2.05, 4.69) is 6.58 Å². The van der Waals surface area contributed by atoms with Crippen molar-refractivity contribution >= 4 is 27.3 Å². The van der Waals surface area contributed by atoms with Crippen LogP contribution in [0, 0.1) is 5.82 Å². The van der Waals surface area contributed by atoms with Gasteiger partial charge in [0.15, 0.2) is 0 Å². The fourth-order valence-corrected chi connectivity index (χ4v) is 3.13. The van der Waals surface area contributed by atoms with Gasteiger partial charge in [0.1, 0.15) is 10.7 Å². The van der Waals surface area contributed by atoms with Gasteiger partial charge in [-0.05, 0) is 19.1 Å². The number of nitrogens with zero attached hydrogens (tertiary/aromatic N) is 1. The Hall–Kier alpha value is -1.11. The Morgan fingerprint density at radius 2 is 2.11 bits per heavy atom. The van der Waals surface area contributed by atoms with Crippen molar-refractivity contribution in [2.75, 3.05) is 19.3 Å². The van der Waals surface area contributed by atoms with Crippen LogP contribution in [0.3, 0.4) is 0 Å². The molecule has 7 heteroatoms. The highest BCUT2D eigenvalue weighted by molar-refractivity contribution is 7.89. The van der Waals surface area contributed by atoms with E-state index in [0.29, 0.717) is 5.57 Å². The van der Waals surface area contributed by atoms with Crippen LogP contribution in [0.5, 0.6) is 0 Å². The molecule has 0 heterocycles. The molecule has 0 aliphatic carbocycles. The lowest BCUT2D eigenvalue weighted by atomic mass is 10.3. The molecule has 0 atom stereocenters. The molecule has 0 unspecified atom stereocenters. The molecule has 0 bridgehead atoms. The summed E-state index contributed by atoms with van der Waals surface area (Å²) in [5.41, 5.74) is 5.76. The highest BCUT2D eigenvalue weighted by atomic mass is 35.5. The van der Waals surface area contributed by atoms with Gasteiger partial charge in [-0.3, -0.25) is 0 Å². The van der Waals surface area contributed by atoms with Crippen LogP contribution >= 0.6 is 11.6 Å². The van der Waals surface area contributed by atoms with Gasteiger partial charge in [0.25, 0.3) is 0 Å². The number of hydrogen-bond acceptors (Lipinski definition) is 3. The summed E-state index contributed by atoms with van der Waals surface area (Å²) in [4.78, 5) is -0.216. The third kappa shape index (κ3) is 3.01. The molecule has 0 saturated carbocycles. The maximum absolute atomic E-state index is 13.1. The highest BCUT2D eigenvalue weighted by Crippen LogP contribution is 2.28. The zero-order valence-electron chi connectivity index (χ0n) is 10.1. The number of rotatable bonds is 4. The maximum atomic E-state index is 13.1. The first-order valence-corrected chi connectivity index (χ1v) is 6.83. The van der Waals surface area contributed by atoms with Gasteiger partial charge in [-0.25, -0.2) is 12.8 Å². The van der Waals surface area contributed by atoms with Crippen molar-refractivity contribution in [2.45, 2.75) is 11.8 Å². The lowest BCUT2D eigenvalue weighted by Gasteiger charge is -2.18. The Balaban J connectivity index is 3.29. The zero-order chi connectivity index (χ0) is 14.1. The fraction of sp³-hybridized carbons (Fsp3) is 0.273. The first-order chi connectivity index (χ1) is 8.16. The van der Waals surface area contributed by atoms with Gasteiger partial charge >= 0.3 is 0 Å². The van der Waals surface area contributed by atoms with E-state index < -0.39 is 15.8 Å². The molecule has 100 valence electrons. The minimum Gasteiger partial charge on any atom is -0.396 e. The molecule has 1 rings (SSSR count). The number of nitrogen functional groups attached to an aromatic ring is 1. The average Bonchev–Trinajstić information content (AvgIpc) is 2.22. The minimum atomic E-state index is -3.81. The number of nitrogens with two attached hydrogens (primary N) is 1. The summed E-state index contributed by atoms with van der Waals surface area (Å²) < 4.78 is 38.6. The van der Waals surface area contributed by atoms with Gasteiger partial charge in [-0.15, -0.1) is 0 Å². The maximum Gasteiger partial charge on any atom is 0.244 e. The molecular weight excluding hydrogens is 279 g/mol. The van der Waals surface area contributed by atoms with Crippen molar-refractivity contribution in [1.82, 2.24) is 4.31 Å². The number of benzene rings is 1. The van der Waals surface area contributed by atoms with Gasteiger partial charge in [-0.2, -0.15) is 4.31 Å². The third-order valence-corrected chi connectivity index (χ3v) is 4.50. The largest absolute Gasteiger partial charge is 0.396 e. The summed E-state index contributed by atoms with van der Waals surface area (Å²) in [5.74, 6) is -0.749. The topological polar surface area (TPSA) is 63.4 Å². The van der Waals surface area contributed by atoms with Gasteiger partial charge in [0.2, 0.25) is 10.0 Å². The Bertz CT molecular complexity index is 587. The third-order valence-electron chi connectivity index (χ3n) is 2.23. The first-order valence-electron chi connectivity index (χ1n) is 5.01. The molecule has 1 aromatic rings. The van der Waals surface area contributed by atoms with E-state index in [4.69, 9.17) is 17.3 Å². The van der Waals surface area contributed by atoms with E-state index in [-0.39, 0.29) is 22.2 Å². The van der Waals surface area contributed by atoms with Crippen molar-refractivity contribution in [1.29, 1.82) is 0 Å². The van der Waals surface area contributed by atoms with Crippen molar-refractivity contribution in [2.24, 2.45) is 0 Å². The van der Waals surface area contributed by atoms with Gasteiger partial charge < -0.3 is 5.73 Å². The second-order valence-corrected chi connectivity index (χ2v) is 6.44. The molecule has 0 radical (unpaired) electrons. The average molecular weight is 293 g/mol. The number of sulfonamides is 1. The molecule has 0 aliphatic rings. The van der Waals surface area contributed by atoms with Crippen molar-refractivity contribution in [3.8, 4) is 0 Å². The van der Waals surface area contributed by atoms with Crippen LogP contribution < -0.4 is 5.73 Å². The van der Waals surface area contributed by atoms with Gasteiger partial charge in [0, 0.05) is 13.6 Å². The predicted molar refractivity (Wildman–Crippen MR) is 70.5 cm³/mol. The molecule has 0 aromatic heterocycles. The molecule has 2 N–H and O–H groups in total. The summed E-state index contributed by atoms with van der Waals surface area (Å²) in [6.45, 7) is 5.48. The molecule has 4 nitrogen and oxygen atoms in total. The van der Waals surface area contributed by atoms with Crippen LogP contribution in [0.4, 0.5) is 10.1 Å². The second-order valence-electron chi connectivity index (χ2n) is 4.02. The zero-order valence-corrected chi connectivity index (χ0v) is 11.6. The monoisotopic (exact) mass is 292 g/mol. The number of halogens is 2. The van der Waals surface area contributed by atoms with E-state index in [1.54, 1.807) is 6.92 Å². The summed E-state index contributed by atoms with van der Waals surface area (Å²) in [6.07, 6.45) is 0. The predicted octanol–water partition coefficient (Wildman–Crippen LogP) is 2.26. The highest BCUT2D eigenvalue weighted by Gasteiger charge is 2.24. The van der Waals surface area contributed by atoms with E-state index in [0.717, 1.165) is 16.4 Å². The molecule has 0 aliphatic heterocycles. The van der Waals surface area contributed by atoms with E-state index in [9.17, 15) is 12.8 Å². The van der Waals surface area contributed by atoms with Crippen LogP contribution in [0.1, 0.15) is 6.92 Å². The minimum absolute atomic E-state index is 0.149. The first kappa shape index (κ1) is 14.9. The van der Waals surface area contributed by atoms with Crippen LogP contribution in [-0.4, -0.2) is 26.3 Å². The molecule has 1 aromatic carbocycles. The number of hydrogen-bond donors (Lipinski definition) is 1. The lowest BCUT2D eigenvalue weighted by molar-refractivity contribution is 0.493. The molecule has 18 heavy (non-hydrogen) atoms. The normalized spacial score (nSPS) is 11.8. The molecule has 0 saturated heterocycles. The van der Waals surface area contributed by atoms with E-state index in [1.807, 2.05) is 0 Å². The smallest absolute Gasteiger partial charge is 0.244 e. The Morgan fingerprint density at radius 1 is 1.56 bits per heavy atom. The molecule has 0 amide bonds. The second kappa shape index (κ2) is 5.26. The van der Waals surface area contributed by atoms with Gasteiger partial charge in [-0.1, -0.05) is 23.8 Å². The fourth-order valence-electron chi connectivity index (χ4n) is 1.38. The lowest BCUT2D eigenvalue weighted by Crippen LogP contribution is -2.28. The molecule has 0 spiro atoms. The van der Waals surface area contributed by atoms with Crippen molar-refractivity contribution in [3.05, 3.63) is 35.1 Å². The quantitative estimate of drug-likeness (QED) is 0.684. The summed E-state index contributed by atoms with van der Waals surface area (Å²) in [5, 5.41) is -0.199.